The van der Waals surface area contributed by atoms with E-state index in [0.29, 0.717) is 31.4 Å². The smallest absolute Gasteiger partial charge is 0.407 e. The fourth-order valence-corrected chi connectivity index (χ4v) is 3.99. The van der Waals surface area contributed by atoms with Crippen LogP contribution in [0.1, 0.15) is 75.7 Å². The van der Waals surface area contributed by atoms with E-state index in [2.05, 4.69) is 47.1 Å². The molecule has 40 heavy (non-hydrogen) atoms. The molecule has 2 aromatic rings. The first-order chi connectivity index (χ1) is 19.0. The van der Waals surface area contributed by atoms with Gasteiger partial charge in [-0.2, -0.15) is 0 Å². The zero-order valence-electron chi connectivity index (χ0n) is 24.3. The van der Waals surface area contributed by atoms with Gasteiger partial charge in [0, 0.05) is 25.1 Å². The van der Waals surface area contributed by atoms with Crippen LogP contribution >= 0.6 is 0 Å². The Balaban J connectivity index is 1.74. The van der Waals surface area contributed by atoms with Gasteiger partial charge in [0.2, 0.25) is 5.91 Å². The maximum atomic E-state index is 12.5. The Bertz CT molecular complexity index is 1110. The average molecular weight is 554 g/mol. The molecule has 218 valence electrons. The first-order valence-electron chi connectivity index (χ1n) is 13.8. The molecule has 0 aliphatic rings. The second-order valence-corrected chi connectivity index (χ2v) is 10.6. The molecule has 0 radical (unpaired) electrons. The third-order valence-corrected chi connectivity index (χ3v) is 6.02. The van der Waals surface area contributed by atoms with Gasteiger partial charge in [0.25, 0.3) is 5.91 Å². The Hall–Kier alpha value is -3.88. The van der Waals surface area contributed by atoms with Gasteiger partial charge in [0.15, 0.2) is 0 Å². The fraction of sp³-hybridized carbons (Fsp3) is 0.484. The highest BCUT2D eigenvalue weighted by atomic mass is 16.6. The molecule has 0 fully saturated rings. The number of rotatable bonds is 14. The van der Waals surface area contributed by atoms with Gasteiger partial charge in [0.1, 0.15) is 11.6 Å². The number of hydrogen-bond acceptors (Lipinski definition) is 6. The zero-order chi connectivity index (χ0) is 29.5. The predicted octanol–water partition coefficient (Wildman–Crippen LogP) is 4.78. The van der Waals surface area contributed by atoms with Crippen molar-refractivity contribution in [2.24, 2.45) is 0 Å². The van der Waals surface area contributed by atoms with Crippen LogP contribution in [0.15, 0.2) is 48.5 Å². The van der Waals surface area contributed by atoms with Crippen LogP contribution in [0.4, 0.5) is 4.79 Å². The van der Waals surface area contributed by atoms with Crippen LogP contribution in [0.5, 0.6) is 0 Å². The van der Waals surface area contributed by atoms with Gasteiger partial charge in [-0.05, 0) is 75.3 Å². The average Bonchev–Trinajstić information content (AvgIpc) is 2.91. The van der Waals surface area contributed by atoms with Crippen molar-refractivity contribution in [3.63, 3.8) is 0 Å². The topological polar surface area (TPSA) is 123 Å². The highest BCUT2D eigenvalue weighted by molar-refractivity contribution is 5.95. The highest BCUT2D eigenvalue weighted by Gasteiger charge is 2.21. The lowest BCUT2D eigenvalue weighted by Gasteiger charge is -2.20. The molecule has 0 spiro atoms. The van der Waals surface area contributed by atoms with Gasteiger partial charge < -0.3 is 25.4 Å². The summed E-state index contributed by atoms with van der Waals surface area (Å²) in [6.45, 7) is 8.02. The monoisotopic (exact) mass is 553 g/mol. The number of nitrogens with one attached hydrogen (secondary N) is 3. The normalized spacial score (nSPS) is 11.7. The standard InChI is InChI=1S/C31H43N3O6/c1-6-9-22-11-13-23(14-12-22)24-15-17-25(18-16-24)28(36)32-21-19-27(35)34-26(29(37)39-5)10-7-8-20-33-30(38)40-31(2,3)4/h11-18,26H,6-10,19-21H2,1-5H3,(H,32,36)(H,33,38)(H,34,35)/t26-/m0/s1. The Labute approximate surface area is 237 Å². The van der Waals surface area contributed by atoms with Gasteiger partial charge in [0.05, 0.1) is 7.11 Å². The van der Waals surface area contributed by atoms with Gasteiger partial charge in [-0.3, -0.25) is 9.59 Å². The van der Waals surface area contributed by atoms with Gasteiger partial charge in [-0.25, -0.2) is 9.59 Å². The number of methoxy groups -OCH3 is 1. The molecule has 0 bridgehead atoms. The molecule has 2 aromatic carbocycles. The van der Waals surface area contributed by atoms with Crippen molar-refractivity contribution < 1.29 is 28.7 Å². The maximum Gasteiger partial charge on any atom is 0.407 e. The molecule has 9 nitrogen and oxygen atoms in total. The minimum Gasteiger partial charge on any atom is -0.467 e. The van der Waals surface area contributed by atoms with Crippen LogP contribution in [-0.4, -0.2) is 55.7 Å². The molecule has 1 atom stereocenters. The number of carbonyl (C=O) groups excluding carboxylic acids is 4. The predicted molar refractivity (Wildman–Crippen MR) is 155 cm³/mol. The zero-order valence-corrected chi connectivity index (χ0v) is 24.3. The summed E-state index contributed by atoms with van der Waals surface area (Å²) in [5.74, 6) is -1.19. The van der Waals surface area contributed by atoms with Crippen molar-refractivity contribution in [3.05, 3.63) is 59.7 Å². The lowest BCUT2D eigenvalue weighted by Crippen LogP contribution is -2.42. The number of alkyl carbamates (subject to hydrolysis) is 1. The van der Waals surface area contributed by atoms with Gasteiger partial charge in [-0.1, -0.05) is 49.7 Å². The van der Waals surface area contributed by atoms with Crippen molar-refractivity contribution in [1.82, 2.24) is 16.0 Å². The molecule has 0 saturated carbocycles. The van der Waals surface area contributed by atoms with E-state index in [9.17, 15) is 19.2 Å². The van der Waals surface area contributed by atoms with E-state index in [1.165, 1.54) is 12.7 Å². The SMILES string of the molecule is CCCc1ccc(-c2ccc(C(=O)NCCC(=O)N[C@@H](CCCCNC(=O)OC(C)(C)C)C(=O)OC)cc2)cc1. The summed E-state index contributed by atoms with van der Waals surface area (Å²) in [5, 5.41) is 8.08. The molecule has 2 rings (SSSR count). The number of carbonyl (C=O) groups is 4. The largest absolute Gasteiger partial charge is 0.467 e. The lowest BCUT2D eigenvalue weighted by atomic mass is 10.0. The molecule has 0 unspecified atom stereocenters. The number of ether oxygens (including phenoxy) is 2. The van der Waals surface area contributed by atoms with E-state index >= 15 is 0 Å². The van der Waals surface area contributed by atoms with E-state index in [-0.39, 0.29) is 24.8 Å². The molecule has 9 heteroatoms. The molecular weight excluding hydrogens is 510 g/mol. The maximum absolute atomic E-state index is 12.5. The van der Waals surface area contributed by atoms with Crippen LogP contribution in [0.3, 0.4) is 0 Å². The molecular formula is C31H43N3O6. The van der Waals surface area contributed by atoms with E-state index in [1.54, 1.807) is 32.9 Å². The summed E-state index contributed by atoms with van der Waals surface area (Å²) < 4.78 is 9.99. The summed E-state index contributed by atoms with van der Waals surface area (Å²) >= 11 is 0. The second-order valence-electron chi connectivity index (χ2n) is 10.6. The third-order valence-electron chi connectivity index (χ3n) is 6.02. The Kier molecular flexibility index (Phi) is 13.2. The van der Waals surface area contributed by atoms with Crippen molar-refractivity contribution in [2.45, 2.75) is 77.9 Å². The van der Waals surface area contributed by atoms with Crippen molar-refractivity contribution in [2.75, 3.05) is 20.2 Å². The quantitative estimate of drug-likeness (QED) is 0.229. The Morgan fingerprint density at radius 1 is 0.850 bits per heavy atom. The molecule has 3 N–H and O–H groups in total. The van der Waals surface area contributed by atoms with Crippen molar-refractivity contribution in [1.29, 1.82) is 0 Å². The number of hydrogen-bond donors (Lipinski definition) is 3. The molecule has 0 aliphatic carbocycles. The van der Waals surface area contributed by atoms with Crippen molar-refractivity contribution >= 4 is 23.9 Å². The van der Waals surface area contributed by atoms with E-state index in [1.807, 2.05) is 12.1 Å². The van der Waals surface area contributed by atoms with Crippen molar-refractivity contribution in [3.8, 4) is 11.1 Å². The number of amides is 3. The van der Waals surface area contributed by atoms with Gasteiger partial charge >= 0.3 is 12.1 Å². The van der Waals surface area contributed by atoms with Crippen LogP contribution < -0.4 is 16.0 Å². The van der Waals surface area contributed by atoms with Crippen LogP contribution in [0.25, 0.3) is 11.1 Å². The first-order valence-corrected chi connectivity index (χ1v) is 13.8. The lowest BCUT2D eigenvalue weighted by molar-refractivity contribution is -0.145. The Morgan fingerprint density at radius 2 is 1.48 bits per heavy atom. The molecule has 0 saturated heterocycles. The van der Waals surface area contributed by atoms with Gasteiger partial charge in [-0.15, -0.1) is 0 Å². The number of aryl methyl sites for hydroxylation is 1. The second kappa shape index (κ2) is 16.3. The summed E-state index contributed by atoms with van der Waals surface area (Å²) in [5.41, 5.74) is 3.34. The van der Waals surface area contributed by atoms with E-state index in [4.69, 9.17) is 9.47 Å². The molecule has 3 amide bonds. The fourth-order valence-electron chi connectivity index (χ4n) is 3.99. The third kappa shape index (κ3) is 11.9. The molecule has 0 aromatic heterocycles. The molecule has 0 heterocycles. The summed E-state index contributed by atoms with van der Waals surface area (Å²) in [6, 6.07) is 14.9. The minimum atomic E-state index is -0.807. The minimum absolute atomic E-state index is 0.0155. The van der Waals surface area contributed by atoms with E-state index in [0.717, 1.165) is 24.0 Å². The number of benzene rings is 2. The number of esters is 1. The summed E-state index contributed by atoms with van der Waals surface area (Å²) in [4.78, 5) is 48.8. The van der Waals surface area contributed by atoms with Crippen LogP contribution in [-0.2, 0) is 25.5 Å². The highest BCUT2D eigenvalue weighted by Crippen LogP contribution is 2.21. The number of unbranched alkanes of at least 4 members (excludes halogenated alkanes) is 1. The first kappa shape index (κ1) is 32.3. The Morgan fingerprint density at radius 3 is 2.05 bits per heavy atom. The molecule has 0 aliphatic heterocycles. The van der Waals surface area contributed by atoms with E-state index < -0.39 is 23.7 Å². The van der Waals surface area contributed by atoms with Crippen LogP contribution in [0.2, 0.25) is 0 Å². The summed E-state index contributed by atoms with van der Waals surface area (Å²) in [7, 11) is 1.26. The summed E-state index contributed by atoms with van der Waals surface area (Å²) in [6.07, 6.45) is 3.20. The van der Waals surface area contributed by atoms with Crippen LogP contribution in [0, 0.1) is 0 Å².